The molecule has 2 heterocycles. The zero-order valence-electron chi connectivity index (χ0n) is 12.5. The third-order valence-electron chi connectivity index (χ3n) is 3.14. The smallest absolute Gasteiger partial charge is 0.195 e. The number of aromatic nitrogens is 3. The van der Waals surface area contributed by atoms with E-state index in [1.165, 1.54) is 11.8 Å². The van der Waals surface area contributed by atoms with Crippen LogP contribution in [0.3, 0.4) is 0 Å². The van der Waals surface area contributed by atoms with E-state index in [1.807, 2.05) is 0 Å². The van der Waals surface area contributed by atoms with Crippen LogP contribution in [0.1, 0.15) is 0 Å². The first kappa shape index (κ1) is 18.9. The molecule has 0 aliphatic carbocycles. The van der Waals surface area contributed by atoms with Crippen molar-refractivity contribution in [3.05, 3.63) is 50.6 Å². The summed E-state index contributed by atoms with van der Waals surface area (Å²) >= 11 is 25.4. The molecule has 5 nitrogen and oxygen atoms in total. The summed E-state index contributed by atoms with van der Waals surface area (Å²) in [7, 11) is 0. The fourth-order valence-electron chi connectivity index (χ4n) is 2.02. The minimum atomic E-state index is -0.764. The first-order valence-electron chi connectivity index (χ1n) is 7.03. The van der Waals surface area contributed by atoms with Crippen molar-refractivity contribution >= 4 is 63.8 Å². The molecule has 1 N–H and O–H groups in total. The quantitative estimate of drug-likeness (QED) is 0.556. The number of aliphatic hydroxyl groups is 1. The molecule has 3 aromatic rings. The standard InChI is InChI=1S/C15H11Cl4N3O2S/c16-8-4-12(19)14-20-21-15(22(14)5-8)25-7-9(23)6-24-13-10(17)2-1-3-11(13)18/h1-5,9,23H,6-7H2/t9-/m0/s1. The van der Waals surface area contributed by atoms with Crippen molar-refractivity contribution < 1.29 is 9.84 Å². The van der Waals surface area contributed by atoms with Gasteiger partial charge in [-0.05, 0) is 18.2 Å². The van der Waals surface area contributed by atoms with Crippen molar-refractivity contribution in [3.63, 3.8) is 0 Å². The molecule has 132 valence electrons. The molecule has 0 unspecified atom stereocenters. The maximum Gasteiger partial charge on any atom is 0.195 e. The Kier molecular flexibility index (Phi) is 6.20. The average molecular weight is 439 g/mol. The number of para-hydroxylation sites is 1. The Morgan fingerprint density at radius 3 is 2.56 bits per heavy atom. The fourth-order valence-corrected chi connectivity index (χ4v) is 3.85. The Morgan fingerprint density at radius 1 is 1.12 bits per heavy atom. The lowest BCUT2D eigenvalue weighted by molar-refractivity contribution is 0.126. The van der Waals surface area contributed by atoms with Crippen LogP contribution in [0.15, 0.2) is 35.6 Å². The van der Waals surface area contributed by atoms with Crippen LogP contribution in [-0.4, -0.2) is 38.2 Å². The number of thioether (sulfide) groups is 1. The van der Waals surface area contributed by atoms with Gasteiger partial charge in [-0.3, -0.25) is 4.40 Å². The average Bonchev–Trinajstić information content (AvgIpc) is 2.95. The zero-order valence-corrected chi connectivity index (χ0v) is 16.3. The first-order chi connectivity index (χ1) is 12.0. The molecule has 0 spiro atoms. The van der Waals surface area contributed by atoms with Crippen LogP contribution in [0.2, 0.25) is 20.1 Å². The van der Waals surface area contributed by atoms with Crippen molar-refractivity contribution in [3.8, 4) is 5.75 Å². The van der Waals surface area contributed by atoms with E-state index in [0.717, 1.165) is 0 Å². The molecular weight excluding hydrogens is 428 g/mol. The number of benzene rings is 1. The van der Waals surface area contributed by atoms with E-state index in [1.54, 1.807) is 34.9 Å². The van der Waals surface area contributed by atoms with Gasteiger partial charge in [0.1, 0.15) is 6.61 Å². The second-order valence-electron chi connectivity index (χ2n) is 5.01. The Bertz CT molecular complexity index is 886. The van der Waals surface area contributed by atoms with Crippen molar-refractivity contribution in [2.45, 2.75) is 11.3 Å². The fraction of sp³-hybridized carbons (Fsp3) is 0.200. The van der Waals surface area contributed by atoms with Gasteiger partial charge >= 0.3 is 0 Å². The molecule has 2 aromatic heterocycles. The van der Waals surface area contributed by atoms with E-state index in [9.17, 15) is 5.11 Å². The third-order valence-corrected chi connectivity index (χ3v) is 5.31. The molecule has 1 atom stereocenters. The summed E-state index contributed by atoms with van der Waals surface area (Å²) in [6.07, 6.45) is 0.900. The van der Waals surface area contributed by atoms with Gasteiger partial charge in [-0.25, -0.2) is 0 Å². The Balaban J connectivity index is 1.62. The van der Waals surface area contributed by atoms with Crippen LogP contribution >= 0.6 is 58.2 Å². The summed E-state index contributed by atoms with van der Waals surface area (Å²) in [5, 5.41) is 20.4. The van der Waals surface area contributed by atoms with Crippen LogP contribution in [0, 0.1) is 0 Å². The molecule has 0 radical (unpaired) electrons. The molecule has 0 aliphatic heterocycles. The van der Waals surface area contributed by atoms with E-state index < -0.39 is 6.10 Å². The second-order valence-corrected chi connectivity index (χ2v) is 7.65. The maximum absolute atomic E-state index is 10.1. The zero-order chi connectivity index (χ0) is 18.0. The normalized spacial score (nSPS) is 12.5. The van der Waals surface area contributed by atoms with E-state index in [4.69, 9.17) is 51.1 Å². The third kappa shape index (κ3) is 4.45. The lowest BCUT2D eigenvalue weighted by Crippen LogP contribution is -2.20. The number of ether oxygens (including phenoxy) is 1. The van der Waals surface area contributed by atoms with Crippen LogP contribution < -0.4 is 4.74 Å². The second kappa shape index (κ2) is 8.20. The van der Waals surface area contributed by atoms with Gasteiger partial charge in [0, 0.05) is 11.9 Å². The monoisotopic (exact) mass is 437 g/mol. The highest BCUT2D eigenvalue weighted by Crippen LogP contribution is 2.32. The molecular formula is C15H11Cl4N3O2S. The summed E-state index contributed by atoms with van der Waals surface area (Å²) in [5.74, 6) is 0.675. The van der Waals surface area contributed by atoms with Crippen molar-refractivity contribution in [1.29, 1.82) is 0 Å². The highest BCUT2D eigenvalue weighted by atomic mass is 35.5. The van der Waals surface area contributed by atoms with Gasteiger partial charge in [-0.1, -0.05) is 64.2 Å². The van der Waals surface area contributed by atoms with Crippen LogP contribution in [0.5, 0.6) is 5.75 Å². The van der Waals surface area contributed by atoms with Crippen LogP contribution in [0.4, 0.5) is 0 Å². The van der Waals surface area contributed by atoms with Gasteiger partial charge in [0.25, 0.3) is 0 Å². The maximum atomic E-state index is 10.1. The summed E-state index contributed by atoms with van der Waals surface area (Å²) in [5.41, 5.74) is 0.502. The van der Waals surface area contributed by atoms with E-state index >= 15 is 0 Å². The predicted molar refractivity (Wildman–Crippen MR) is 102 cm³/mol. The number of hydrogen-bond acceptors (Lipinski definition) is 5. The molecule has 10 heteroatoms. The summed E-state index contributed by atoms with van der Waals surface area (Å²) in [6.45, 7) is 0.0364. The predicted octanol–water partition coefficient (Wildman–Crippen LogP) is 4.87. The number of rotatable bonds is 6. The number of nitrogens with zero attached hydrogens (tertiary/aromatic N) is 3. The minimum Gasteiger partial charge on any atom is -0.488 e. The van der Waals surface area contributed by atoms with E-state index in [2.05, 4.69) is 10.2 Å². The summed E-state index contributed by atoms with van der Waals surface area (Å²) < 4.78 is 7.19. The largest absolute Gasteiger partial charge is 0.488 e. The number of halogens is 4. The van der Waals surface area contributed by atoms with Gasteiger partial charge in [-0.15, -0.1) is 10.2 Å². The lowest BCUT2D eigenvalue weighted by atomic mass is 10.3. The van der Waals surface area contributed by atoms with E-state index in [-0.39, 0.29) is 6.61 Å². The highest BCUT2D eigenvalue weighted by Gasteiger charge is 2.14. The van der Waals surface area contributed by atoms with Crippen molar-refractivity contribution in [2.24, 2.45) is 0 Å². The van der Waals surface area contributed by atoms with Crippen LogP contribution in [-0.2, 0) is 0 Å². The van der Waals surface area contributed by atoms with Crippen molar-refractivity contribution in [2.75, 3.05) is 12.4 Å². The molecule has 0 saturated heterocycles. The molecule has 0 aliphatic rings. The van der Waals surface area contributed by atoms with Gasteiger partial charge in [0.2, 0.25) is 0 Å². The molecule has 0 bridgehead atoms. The van der Waals surface area contributed by atoms with Gasteiger partial charge < -0.3 is 9.84 Å². The van der Waals surface area contributed by atoms with Gasteiger partial charge in [0.05, 0.1) is 26.2 Å². The number of pyridine rings is 1. The molecule has 25 heavy (non-hydrogen) atoms. The topological polar surface area (TPSA) is 59.7 Å². The highest BCUT2D eigenvalue weighted by molar-refractivity contribution is 7.99. The summed E-state index contributed by atoms with van der Waals surface area (Å²) in [4.78, 5) is 0. The SMILES string of the molecule is O[C@@H](COc1c(Cl)cccc1Cl)CSc1nnc2c(Cl)cc(Cl)cn12. The van der Waals surface area contributed by atoms with Crippen molar-refractivity contribution in [1.82, 2.24) is 14.6 Å². The molecule has 0 saturated carbocycles. The minimum absolute atomic E-state index is 0.0364. The number of fused-ring (bicyclic) bond motifs is 1. The first-order valence-corrected chi connectivity index (χ1v) is 9.53. The Labute approximate surface area is 167 Å². The Morgan fingerprint density at radius 2 is 1.84 bits per heavy atom. The Hall–Kier alpha value is -0.890. The molecule has 1 aromatic carbocycles. The van der Waals surface area contributed by atoms with Gasteiger partial charge in [0.15, 0.2) is 16.6 Å². The molecule has 0 amide bonds. The number of hydrogen-bond donors (Lipinski definition) is 1. The van der Waals surface area contributed by atoms with Gasteiger partial charge in [-0.2, -0.15) is 0 Å². The molecule has 3 rings (SSSR count). The summed E-state index contributed by atoms with van der Waals surface area (Å²) in [6, 6.07) is 6.65. The van der Waals surface area contributed by atoms with E-state index in [0.29, 0.717) is 42.4 Å². The number of aliphatic hydroxyl groups excluding tert-OH is 1. The molecule has 0 fully saturated rings. The van der Waals surface area contributed by atoms with Crippen LogP contribution in [0.25, 0.3) is 5.65 Å². The lowest BCUT2D eigenvalue weighted by Gasteiger charge is -2.13.